The number of hydrogen-bond acceptors (Lipinski definition) is 3. The smallest absolute Gasteiger partial charge is 0.258 e. The van der Waals surface area contributed by atoms with Crippen LogP contribution in [0.25, 0.3) is 0 Å². The van der Waals surface area contributed by atoms with E-state index in [9.17, 15) is 4.79 Å². The monoisotopic (exact) mass is 277 g/mol. The molecule has 0 saturated heterocycles. The molecular weight excluding hydrogens is 254 g/mol. The molecule has 0 bridgehead atoms. The minimum Gasteiger partial charge on any atom is -0.483 e. The van der Waals surface area contributed by atoms with Gasteiger partial charge in [0, 0.05) is 18.0 Å². The van der Waals surface area contributed by atoms with E-state index in [0.29, 0.717) is 5.75 Å². The summed E-state index contributed by atoms with van der Waals surface area (Å²) in [7, 11) is 0. The summed E-state index contributed by atoms with van der Waals surface area (Å²) in [6, 6.07) is 5.99. The molecule has 4 heteroatoms. The second-order valence-electron chi connectivity index (χ2n) is 5.95. The Kier molecular flexibility index (Phi) is 4.21. The summed E-state index contributed by atoms with van der Waals surface area (Å²) in [6.07, 6.45) is 1.77. The molecule has 0 spiro atoms. The minimum atomic E-state index is -0.208. The fourth-order valence-electron chi connectivity index (χ4n) is 2.26. The summed E-state index contributed by atoms with van der Waals surface area (Å²) in [5.41, 5.74) is 0.927. The molecular formula is C16H23NO3. The summed E-state index contributed by atoms with van der Waals surface area (Å²) in [4.78, 5) is 11.7. The number of ether oxygens (including phenoxy) is 2. The molecule has 0 aliphatic carbocycles. The minimum absolute atomic E-state index is 0.0184. The Balaban J connectivity index is 1.99. The van der Waals surface area contributed by atoms with Crippen molar-refractivity contribution < 1.29 is 14.3 Å². The van der Waals surface area contributed by atoms with Gasteiger partial charge in [-0.05, 0) is 33.3 Å². The maximum atomic E-state index is 11.7. The van der Waals surface area contributed by atoms with Gasteiger partial charge in [-0.1, -0.05) is 19.1 Å². The molecule has 0 fully saturated rings. The van der Waals surface area contributed by atoms with Crippen molar-refractivity contribution in [3.8, 4) is 11.5 Å². The van der Waals surface area contributed by atoms with Crippen molar-refractivity contribution in [2.75, 3.05) is 6.61 Å². The lowest BCUT2D eigenvalue weighted by molar-refractivity contribution is -0.123. The predicted octanol–water partition coefficient (Wildman–Crippen LogP) is 2.69. The Morgan fingerprint density at radius 2 is 2.25 bits per heavy atom. The second kappa shape index (κ2) is 5.73. The Labute approximate surface area is 120 Å². The third kappa shape index (κ3) is 3.44. The van der Waals surface area contributed by atoms with E-state index in [1.165, 1.54) is 0 Å². The van der Waals surface area contributed by atoms with Crippen molar-refractivity contribution >= 4 is 5.91 Å². The van der Waals surface area contributed by atoms with Crippen LogP contribution in [0.15, 0.2) is 18.2 Å². The summed E-state index contributed by atoms with van der Waals surface area (Å²) in [5.74, 6) is 1.32. The maximum absolute atomic E-state index is 11.7. The standard InChI is InChI=1S/C16H23NO3/c1-5-11(2)17-14(18)10-19-13-8-6-7-12-9-16(3,4)20-15(12)13/h6-8,11H,5,9-10H2,1-4H3,(H,17,18). The Hall–Kier alpha value is -1.71. The number of fused-ring (bicyclic) bond motifs is 1. The van der Waals surface area contributed by atoms with Crippen molar-refractivity contribution in [3.63, 3.8) is 0 Å². The number of amides is 1. The van der Waals surface area contributed by atoms with E-state index < -0.39 is 0 Å². The van der Waals surface area contributed by atoms with Gasteiger partial charge in [0.25, 0.3) is 5.91 Å². The maximum Gasteiger partial charge on any atom is 0.258 e. The van der Waals surface area contributed by atoms with Crippen LogP contribution in [-0.2, 0) is 11.2 Å². The molecule has 1 N–H and O–H groups in total. The van der Waals surface area contributed by atoms with Crippen LogP contribution in [-0.4, -0.2) is 24.2 Å². The highest BCUT2D eigenvalue weighted by Crippen LogP contribution is 2.41. The Morgan fingerprint density at radius 1 is 1.50 bits per heavy atom. The van der Waals surface area contributed by atoms with Gasteiger partial charge in [0.05, 0.1) is 0 Å². The van der Waals surface area contributed by atoms with E-state index in [1.54, 1.807) is 0 Å². The average molecular weight is 277 g/mol. The van der Waals surface area contributed by atoms with Gasteiger partial charge in [0.2, 0.25) is 0 Å². The van der Waals surface area contributed by atoms with Crippen LogP contribution in [0.1, 0.15) is 39.7 Å². The normalized spacial score (nSPS) is 17.0. The summed E-state index contributed by atoms with van der Waals surface area (Å²) in [5, 5.41) is 2.88. The van der Waals surface area contributed by atoms with Crippen LogP contribution in [0.3, 0.4) is 0 Å². The number of para-hydroxylation sites is 1. The van der Waals surface area contributed by atoms with Gasteiger partial charge >= 0.3 is 0 Å². The number of hydrogen-bond donors (Lipinski definition) is 1. The quantitative estimate of drug-likeness (QED) is 0.900. The second-order valence-corrected chi connectivity index (χ2v) is 5.95. The predicted molar refractivity (Wildman–Crippen MR) is 78.2 cm³/mol. The zero-order valence-electron chi connectivity index (χ0n) is 12.7. The number of nitrogens with one attached hydrogen (secondary N) is 1. The van der Waals surface area contributed by atoms with E-state index in [4.69, 9.17) is 9.47 Å². The van der Waals surface area contributed by atoms with E-state index in [1.807, 2.05) is 45.9 Å². The van der Waals surface area contributed by atoms with Crippen molar-refractivity contribution in [2.24, 2.45) is 0 Å². The molecule has 1 aromatic carbocycles. The van der Waals surface area contributed by atoms with Crippen LogP contribution < -0.4 is 14.8 Å². The average Bonchev–Trinajstić information content (AvgIpc) is 2.70. The molecule has 1 amide bonds. The molecule has 4 nitrogen and oxygen atoms in total. The first-order valence-corrected chi connectivity index (χ1v) is 7.14. The van der Waals surface area contributed by atoms with Gasteiger partial charge in [-0.15, -0.1) is 0 Å². The van der Waals surface area contributed by atoms with Crippen molar-refractivity contribution in [1.82, 2.24) is 5.32 Å². The third-order valence-electron chi connectivity index (χ3n) is 3.43. The molecule has 20 heavy (non-hydrogen) atoms. The first-order valence-electron chi connectivity index (χ1n) is 7.14. The lowest BCUT2D eigenvalue weighted by Crippen LogP contribution is -2.35. The molecule has 2 rings (SSSR count). The summed E-state index contributed by atoms with van der Waals surface area (Å²) < 4.78 is 11.5. The fraction of sp³-hybridized carbons (Fsp3) is 0.562. The van der Waals surface area contributed by atoms with E-state index in [-0.39, 0.29) is 24.2 Å². The lowest BCUT2D eigenvalue weighted by Gasteiger charge is -2.18. The van der Waals surface area contributed by atoms with Gasteiger partial charge in [-0.2, -0.15) is 0 Å². The topological polar surface area (TPSA) is 47.6 Å². The Morgan fingerprint density at radius 3 is 2.95 bits per heavy atom. The zero-order valence-corrected chi connectivity index (χ0v) is 12.7. The highest BCUT2D eigenvalue weighted by Gasteiger charge is 2.32. The van der Waals surface area contributed by atoms with Crippen molar-refractivity contribution in [3.05, 3.63) is 23.8 Å². The SMILES string of the molecule is CCC(C)NC(=O)COc1cccc2c1OC(C)(C)C2. The highest BCUT2D eigenvalue weighted by atomic mass is 16.5. The fourth-order valence-corrected chi connectivity index (χ4v) is 2.26. The molecule has 110 valence electrons. The molecule has 0 saturated carbocycles. The van der Waals surface area contributed by atoms with Crippen LogP contribution in [0.2, 0.25) is 0 Å². The largest absolute Gasteiger partial charge is 0.483 e. The molecule has 1 unspecified atom stereocenters. The van der Waals surface area contributed by atoms with E-state index >= 15 is 0 Å². The van der Waals surface area contributed by atoms with E-state index in [0.717, 1.165) is 24.2 Å². The first kappa shape index (κ1) is 14.7. The molecule has 1 aliphatic rings. The summed E-state index contributed by atoms with van der Waals surface area (Å²) in [6.45, 7) is 8.12. The third-order valence-corrected chi connectivity index (χ3v) is 3.43. The lowest BCUT2D eigenvalue weighted by atomic mass is 10.0. The number of benzene rings is 1. The van der Waals surface area contributed by atoms with Crippen LogP contribution in [0.4, 0.5) is 0 Å². The van der Waals surface area contributed by atoms with Gasteiger partial charge in [-0.25, -0.2) is 0 Å². The van der Waals surface area contributed by atoms with Crippen molar-refractivity contribution in [1.29, 1.82) is 0 Å². The van der Waals surface area contributed by atoms with Crippen LogP contribution in [0.5, 0.6) is 11.5 Å². The molecule has 0 aromatic heterocycles. The number of rotatable bonds is 5. The van der Waals surface area contributed by atoms with Gasteiger partial charge in [-0.3, -0.25) is 4.79 Å². The summed E-state index contributed by atoms with van der Waals surface area (Å²) >= 11 is 0. The molecule has 1 aliphatic heterocycles. The van der Waals surface area contributed by atoms with Gasteiger partial charge in [0.1, 0.15) is 5.60 Å². The van der Waals surface area contributed by atoms with Gasteiger partial charge in [0.15, 0.2) is 18.1 Å². The van der Waals surface area contributed by atoms with Gasteiger partial charge < -0.3 is 14.8 Å². The molecule has 0 radical (unpaired) electrons. The molecule has 1 heterocycles. The van der Waals surface area contributed by atoms with Crippen LogP contribution >= 0.6 is 0 Å². The van der Waals surface area contributed by atoms with E-state index in [2.05, 4.69) is 5.32 Å². The molecule has 1 aromatic rings. The molecule has 1 atom stereocenters. The van der Waals surface area contributed by atoms with Crippen molar-refractivity contribution in [2.45, 2.75) is 52.2 Å². The highest BCUT2D eigenvalue weighted by molar-refractivity contribution is 5.77. The number of carbonyl (C=O) groups excluding carboxylic acids is 1. The first-order chi connectivity index (χ1) is 9.41. The zero-order chi connectivity index (χ0) is 14.8. The Bertz CT molecular complexity index is 496. The number of carbonyl (C=O) groups is 1. The van der Waals surface area contributed by atoms with Crippen LogP contribution in [0, 0.1) is 0 Å².